The fourth-order valence-electron chi connectivity index (χ4n) is 6.91. The zero-order valence-electron chi connectivity index (χ0n) is 18.4. The number of rotatable bonds is 5. The van der Waals surface area contributed by atoms with Gasteiger partial charge in [0.2, 0.25) is 11.2 Å². The Balaban J connectivity index is 1.23. The van der Waals surface area contributed by atoms with E-state index in [4.69, 9.17) is 11.6 Å². The molecule has 0 radical (unpaired) electrons. The number of hydrogen-bond acceptors (Lipinski definition) is 4. The molecule has 3 aromatic rings. The maximum atomic E-state index is 14.0. The number of nitrogens with one attached hydrogen (secondary N) is 1. The second-order valence-corrected chi connectivity index (χ2v) is 10.6. The molecule has 35 heavy (non-hydrogen) atoms. The van der Waals surface area contributed by atoms with E-state index >= 15 is 0 Å². The maximum absolute atomic E-state index is 14.0. The SMILES string of the molecule is O=C(Nc1ccn(Cc2c(F)c(F)cc(F)c2F)n1)C12CC3CC(C1)CC(n1cnc(Cl)n1)(C3)C2. The molecule has 4 bridgehead atoms. The summed E-state index contributed by atoms with van der Waals surface area (Å²) in [6.07, 6.45) is 8.08. The highest BCUT2D eigenvalue weighted by Gasteiger charge is 2.61. The van der Waals surface area contributed by atoms with Gasteiger partial charge in [0.25, 0.3) is 0 Å². The molecule has 2 aromatic heterocycles. The zero-order chi connectivity index (χ0) is 24.5. The van der Waals surface area contributed by atoms with E-state index in [0.29, 0.717) is 18.3 Å². The minimum Gasteiger partial charge on any atom is -0.309 e. The van der Waals surface area contributed by atoms with Gasteiger partial charge in [-0.2, -0.15) is 5.10 Å². The summed E-state index contributed by atoms with van der Waals surface area (Å²) in [6, 6.07) is 1.64. The first kappa shape index (κ1) is 22.5. The Morgan fingerprint density at radius 3 is 2.40 bits per heavy atom. The van der Waals surface area contributed by atoms with E-state index in [0.717, 1.165) is 36.8 Å². The number of carbonyl (C=O) groups excluding carboxylic acids is 1. The fourth-order valence-corrected chi connectivity index (χ4v) is 7.03. The van der Waals surface area contributed by atoms with Crippen molar-refractivity contribution in [1.82, 2.24) is 24.5 Å². The van der Waals surface area contributed by atoms with Gasteiger partial charge in [0.1, 0.15) is 6.33 Å². The van der Waals surface area contributed by atoms with Crippen LogP contribution in [0.15, 0.2) is 24.7 Å². The average Bonchev–Trinajstić information content (AvgIpc) is 3.43. The molecule has 4 saturated carbocycles. The molecule has 1 amide bonds. The Bertz CT molecular complexity index is 1300. The second-order valence-electron chi connectivity index (χ2n) is 10.2. The number of anilines is 1. The monoisotopic (exact) mass is 508 g/mol. The molecule has 4 aliphatic rings. The van der Waals surface area contributed by atoms with Crippen molar-refractivity contribution in [2.24, 2.45) is 17.3 Å². The number of hydrogen-bond donors (Lipinski definition) is 1. The van der Waals surface area contributed by atoms with E-state index in [1.165, 1.54) is 12.3 Å². The van der Waals surface area contributed by atoms with Crippen molar-refractivity contribution in [2.45, 2.75) is 50.6 Å². The summed E-state index contributed by atoms with van der Waals surface area (Å²) in [5.41, 5.74) is -1.69. The molecule has 184 valence electrons. The van der Waals surface area contributed by atoms with Crippen LogP contribution in [-0.2, 0) is 16.9 Å². The quantitative estimate of drug-likeness (QED) is 0.401. The summed E-state index contributed by atoms with van der Waals surface area (Å²) in [7, 11) is 0. The van der Waals surface area contributed by atoms with Crippen LogP contribution in [0.4, 0.5) is 23.4 Å². The van der Waals surface area contributed by atoms with Gasteiger partial charge in [-0.15, -0.1) is 5.10 Å². The molecule has 12 heteroatoms. The fraction of sp³-hybridized carbons (Fsp3) is 0.478. The first-order valence-electron chi connectivity index (χ1n) is 11.4. The minimum absolute atomic E-state index is 0.161. The predicted molar refractivity (Wildman–Crippen MR) is 116 cm³/mol. The van der Waals surface area contributed by atoms with E-state index in [1.807, 2.05) is 4.68 Å². The van der Waals surface area contributed by atoms with Crippen LogP contribution in [0, 0.1) is 40.5 Å². The van der Waals surface area contributed by atoms with Crippen molar-refractivity contribution >= 4 is 23.3 Å². The molecule has 2 atom stereocenters. The summed E-state index contributed by atoms with van der Waals surface area (Å²) >= 11 is 5.98. The number of halogens is 5. The van der Waals surface area contributed by atoms with Gasteiger partial charge >= 0.3 is 0 Å². The van der Waals surface area contributed by atoms with Gasteiger partial charge < -0.3 is 5.32 Å². The molecule has 2 unspecified atom stereocenters. The second kappa shape index (κ2) is 7.78. The highest BCUT2D eigenvalue weighted by molar-refractivity contribution is 6.28. The number of nitrogens with zero attached hydrogens (tertiary/aromatic N) is 5. The number of amides is 1. The summed E-state index contributed by atoms with van der Waals surface area (Å²) in [5, 5.41) is 11.5. The molecule has 0 saturated heterocycles. The molecule has 2 heterocycles. The molecule has 4 fully saturated rings. The highest BCUT2D eigenvalue weighted by atomic mass is 35.5. The van der Waals surface area contributed by atoms with E-state index in [2.05, 4.69) is 20.5 Å². The van der Waals surface area contributed by atoms with Gasteiger partial charge in [-0.25, -0.2) is 27.2 Å². The predicted octanol–water partition coefficient (Wildman–Crippen LogP) is 4.67. The first-order valence-corrected chi connectivity index (χ1v) is 11.8. The van der Waals surface area contributed by atoms with E-state index in [-0.39, 0.29) is 28.6 Å². The molecule has 1 aromatic carbocycles. The smallest absolute Gasteiger partial charge is 0.242 e. The van der Waals surface area contributed by atoms with Crippen molar-refractivity contribution in [3.63, 3.8) is 0 Å². The Labute approximate surface area is 202 Å². The molecular formula is C23H21ClF4N6O. The summed E-state index contributed by atoms with van der Waals surface area (Å²) in [4.78, 5) is 17.6. The summed E-state index contributed by atoms with van der Waals surface area (Å²) in [6.45, 7) is -0.534. The lowest BCUT2D eigenvalue weighted by Gasteiger charge is -2.60. The van der Waals surface area contributed by atoms with Crippen molar-refractivity contribution in [3.8, 4) is 0 Å². The first-order chi connectivity index (χ1) is 16.7. The van der Waals surface area contributed by atoms with Gasteiger partial charge in [0.15, 0.2) is 29.1 Å². The van der Waals surface area contributed by atoms with Crippen LogP contribution in [0.1, 0.15) is 44.1 Å². The molecule has 1 N–H and O–H groups in total. The van der Waals surface area contributed by atoms with Gasteiger partial charge in [0, 0.05) is 18.3 Å². The lowest BCUT2D eigenvalue weighted by atomic mass is 9.46. The van der Waals surface area contributed by atoms with Crippen LogP contribution in [-0.4, -0.2) is 30.5 Å². The molecule has 0 aliphatic heterocycles. The van der Waals surface area contributed by atoms with Gasteiger partial charge in [-0.1, -0.05) is 0 Å². The van der Waals surface area contributed by atoms with Crippen LogP contribution in [0.3, 0.4) is 0 Å². The highest BCUT2D eigenvalue weighted by Crippen LogP contribution is 2.64. The largest absolute Gasteiger partial charge is 0.309 e. The van der Waals surface area contributed by atoms with Gasteiger partial charge in [-0.05, 0) is 62.0 Å². The molecular weight excluding hydrogens is 488 g/mol. The average molecular weight is 509 g/mol. The van der Waals surface area contributed by atoms with Crippen molar-refractivity contribution in [3.05, 3.63) is 58.8 Å². The van der Waals surface area contributed by atoms with Gasteiger partial charge in [-0.3, -0.25) is 9.48 Å². The van der Waals surface area contributed by atoms with Crippen LogP contribution < -0.4 is 5.32 Å². The lowest BCUT2D eigenvalue weighted by molar-refractivity contribution is -0.150. The van der Waals surface area contributed by atoms with Crippen LogP contribution in [0.2, 0.25) is 5.28 Å². The maximum Gasteiger partial charge on any atom is 0.242 e. The van der Waals surface area contributed by atoms with E-state index in [9.17, 15) is 22.4 Å². The van der Waals surface area contributed by atoms with Crippen molar-refractivity contribution in [2.75, 3.05) is 5.32 Å². The summed E-state index contributed by atoms with van der Waals surface area (Å²) < 4.78 is 58.1. The van der Waals surface area contributed by atoms with Crippen molar-refractivity contribution in [1.29, 1.82) is 0 Å². The molecule has 7 rings (SSSR count). The van der Waals surface area contributed by atoms with Crippen molar-refractivity contribution < 1.29 is 22.4 Å². The normalized spacial score (nSPS) is 29.1. The van der Waals surface area contributed by atoms with E-state index < -0.39 is 40.8 Å². The molecule has 0 spiro atoms. The Morgan fingerprint density at radius 2 is 1.77 bits per heavy atom. The minimum atomic E-state index is -1.48. The Hall–Kier alpha value is -2.95. The number of aromatic nitrogens is 5. The van der Waals surface area contributed by atoms with Gasteiger partial charge in [0.05, 0.1) is 23.1 Å². The number of benzene rings is 1. The third-order valence-electron chi connectivity index (χ3n) is 7.87. The summed E-state index contributed by atoms with van der Waals surface area (Å²) in [5.74, 6) is -5.11. The number of carbonyl (C=O) groups is 1. The Kier molecular flexibility index (Phi) is 5.00. The van der Waals surface area contributed by atoms with Crippen LogP contribution >= 0.6 is 11.6 Å². The lowest BCUT2D eigenvalue weighted by Crippen LogP contribution is -2.60. The standard InChI is InChI=1S/C23H21ClF4N6O/c24-21-29-11-34(32-21)23-7-12-3-13(8-23)6-22(5-12,10-23)20(35)30-17-1-2-33(31-17)9-14-18(27)15(25)4-16(26)19(14)28/h1-2,4,11-13H,3,5-10H2,(H,30,31,35). The third kappa shape index (κ3) is 3.62. The third-order valence-corrected chi connectivity index (χ3v) is 8.04. The molecule has 4 aliphatic carbocycles. The van der Waals surface area contributed by atoms with Crippen LogP contribution in [0.5, 0.6) is 0 Å². The topological polar surface area (TPSA) is 77.6 Å². The Morgan fingerprint density at radius 1 is 1.09 bits per heavy atom. The van der Waals surface area contributed by atoms with E-state index in [1.54, 1.807) is 6.33 Å². The zero-order valence-corrected chi connectivity index (χ0v) is 19.2. The van der Waals surface area contributed by atoms with Crippen LogP contribution in [0.25, 0.3) is 0 Å². The molecule has 7 nitrogen and oxygen atoms in total.